The number of hydrogen-bond donors (Lipinski definition) is 4. The first-order chi connectivity index (χ1) is 10.5. The summed E-state index contributed by atoms with van der Waals surface area (Å²) in [6, 6.07) is 0. The topological polar surface area (TPSA) is 113 Å². The number of nitrogens with one attached hydrogen (secondary N) is 1. The van der Waals surface area contributed by atoms with Gasteiger partial charge in [0.2, 0.25) is 0 Å². The van der Waals surface area contributed by atoms with Crippen molar-refractivity contribution in [3.8, 4) is 0 Å². The van der Waals surface area contributed by atoms with Crippen LogP contribution in [0, 0.1) is 5.41 Å². The Kier molecular flexibility index (Phi) is 9.47. The quantitative estimate of drug-likeness (QED) is 0.304. The molecule has 0 bridgehead atoms. The fraction of sp³-hybridized carbons (Fsp3) is 0.875. The van der Waals surface area contributed by atoms with Crippen LogP contribution in [0.1, 0.15) is 72.6 Å². The third kappa shape index (κ3) is 8.96. The second kappa shape index (κ2) is 9.93. The van der Waals surface area contributed by atoms with Gasteiger partial charge < -0.3 is 21.2 Å². The molecule has 134 valence electrons. The molecule has 0 aromatic heterocycles. The highest BCUT2D eigenvalue weighted by Crippen LogP contribution is 2.33. The zero-order valence-electron chi connectivity index (χ0n) is 15.0. The van der Waals surface area contributed by atoms with Crippen LogP contribution in [0.15, 0.2) is 0 Å². The molecule has 0 amide bonds. The second-order valence-corrected chi connectivity index (χ2v) is 7.54. The first-order valence-electron chi connectivity index (χ1n) is 8.47. The number of nitrogens with two attached hydrogens (primary N) is 1. The van der Waals surface area contributed by atoms with Gasteiger partial charge in [0.15, 0.2) is 0 Å². The molecular formula is C16H33BN2O4. The van der Waals surface area contributed by atoms with Crippen LogP contribution < -0.4 is 11.0 Å². The van der Waals surface area contributed by atoms with Crippen LogP contribution in [-0.2, 0) is 0 Å². The zero-order valence-corrected chi connectivity index (χ0v) is 15.0. The Morgan fingerprint density at radius 1 is 0.913 bits per heavy atom. The Hall–Kier alpha value is -1.08. The number of carbonyl (C=O) groups is 2. The Balaban J connectivity index is 3.65. The van der Waals surface area contributed by atoms with Gasteiger partial charge in [-0.25, -0.2) is 0 Å². The van der Waals surface area contributed by atoms with E-state index in [0.717, 1.165) is 38.5 Å². The van der Waals surface area contributed by atoms with Crippen LogP contribution in [0.25, 0.3) is 0 Å². The molecule has 0 unspecified atom stereocenters. The maximum atomic E-state index is 10.7. The van der Waals surface area contributed by atoms with Crippen molar-refractivity contribution in [3.63, 3.8) is 0 Å². The third-order valence-corrected chi connectivity index (χ3v) is 4.82. The molecule has 0 aliphatic rings. The molecule has 23 heavy (non-hydrogen) atoms. The van der Waals surface area contributed by atoms with Crippen LogP contribution >= 0.6 is 0 Å². The largest absolute Gasteiger partial charge is 0.487 e. The maximum absolute atomic E-state index is 10.7. The van der Waals surface area contributed by atoms with E-state index in [9.17, 15) is 9.59 Å². The van der Waals surface area contributed by atoms with Gasteiger partial charge in [-0.1, -0.05) is 46.0 Å². The highest BCUT2D eigenvalue weighted by molar-refractivity contribution is 7.07. The van der Waals surface area contributed by atoms with Crippen LogP contribution in [0.5, 0.6) is 0 Å². The molecule has 7 heteroatoms. The molecule has 0 spiro atoms. The molecular weight excluding hydrogens is 295 g/mol. The lowest BCUT2D eigenvalue weighted by Crippen LogP contribution is -2.48. The molecule has 6 nitrogen and oxygen atoms in total. The summed E-state index contributed by atoms with van der Waals surface area (Å²) < 4.78 is 0. The second-order valence-electron chi connectivity index (χ2n) is 7.54. The van der Waals surface area contributed by atoms with Gasteiger partial charge in [-0.05, 0) is 38.6 Å². The summed E-state index contributed by atoms with van der Waals surface area (Å²) in [5.74, 6) is -2.69. The van der Waals surface area contributed by atoms with Crippen molar-refractivity contribution in [2.45, 2.75) is 78.2 Å². The van der Waals surface area contributed by atoms with Crippen molar-refractivity contribution in [2.24, 2.45) is 11.1 Å². The first-order valence-corrected chi connectivity index (χ1v) is 8.47. The summed E-state index contributed by atoms with van der Waals surface area (Å²) in [5.41, 5.74) is 6.13. The monoisotopic (exact) mass is 328 g/mol. The lowest BCUT2D eigenvalue weighted by molar-refractivity contribution is 0.180. The fourth-order valence-electron chi connectivity index (χ4n) is 2.25. The lowest BCUT2D eigenvalue weighted by atomic mass is 9.62. The molecule has 0 radical (unpaired) electrons. The van der Waals surface area contributed by atoms with Gasteiger partial charge in [-0.15, -0.1) is 0 Å². The molecule has 0 saturated heterocycles. The van der Waals surface area contributed by atoms with Crippen LogP contribution in [0.3, 0.4) is 0 Å². The van der Waals surface area contributed by atoms with Gasteiger partial charge in [0, 0.05) is 5.54 Å². The average Bonchev–Trinajstić information content (AvgIpc) is 2.38. The van der Waals surface area contributed by atoms with E-state index in [1.165, 1.54) is 6.42 Å². The number of rotatable bonds is 13. The minimum Gasteiger partial charge on any atom is -0.487 e. The van der Waals surface area contributed by atoms with Crippen molar-refractivity contribution in [1.29, 1.82) is 0 Å². The van der Waals surface area contributed by atoms with Crippen molar-refractivity contribution in [3.05, 3.63) is 0 Å². The van der Waals surface area contributed by atoms with Gasteiger partial charge >= 0.3 is 6.85 Å². The van der Waals surface area contributed by atoms with Crippen molar-refractivity contribution in [1.82, 2.24) is 5.23 Å². The Bertz CT molecular complexity index is 367. The molecule has 0 saturated carbocycles. The van der Waals surface area contributed by atoms with Crippen LogP contribution in [0.2, 0.25) is 0 Å². The predicted octanol–water partition coefficient (Wildman–Crippen LogP) is 3.58. The summed E-state index contributed by atoms with van der Waals surface area (Å²) in [4.78, 5) is 21.4. The van der Waals surface area contributed by atoms with Gasteiger partial charge in [0.05, 0.1) is 0 Å². The highest BCUT2D eigenvalue weighted by atomic mass is 16.4. The van der Waals surface area contributed by atoms with E-state index >= 15 is 0 Å². The predicted molar refractivity (Wildman–Crippen MR) is 94.2 cm³/mol. The summed E-state index contributed by atoms with van der Waals surface area (Å²) in [7, 11) is 0. The van der Waals surface area contributed by atoms with Crippen molar-refractivity contribution in [2.75, 3.05) is 6.54 Å². The van der Waals surface area contributed by atoms with E-state index in [0.29, 0.717) is 6.54 Å². The molecule has 0 atom stereocenters. The van der Waals surface area contributed by atoms with E-state index in [-0.39, 0.29) is 11.0 Å². The van der Waals surface area contributed by atoms with Gasteiger partial charge in [0.1, 0.15) is 0 Å². The SMILES string of the molecule is CC(C)(N)C(C)(C)CCCCCCCCNB(C(=O)O)C(=O)O. The number of carboxylic acid groups (broad SMARTS) is 2. The van der Waals surface area contributed by atoms with Crippen LogP contribution in [-0.4, -0.2) is 40.9 Å². The maximum Gasteiger partial charge on any atom is 0.483 e. The minimum atomic E-state index is -1.50. The normalized spacial score (nSPS) is 12.2. The Labute approximate surface area is 140 Å². The molecule has 0 fully saturated rings. The first kappa shape index (κ1) is 21.9. The Morgan fingerprint density at radius 3 is 1.78 bits per heavy atom. The zero-order chi connectivity index (χ0) is 18.1. The van der Waals surface area contributed by atoms with E-state index in [2.05, 4.69) is 32.9 Å². The minimum absolute atomic E-state index is 0.125. The number of hydrogen-bond acceptors (Lipinski definition) is 4. The molecule has 0 aromatic rings. The molecule has 0 heterocycles. The Morgan fingerprint density at radius 2 is 1.35 bits per heavy atom. The van der Waals surface area contributed by atoms with Crippen LogP contribution in [0.4, 0.5) is 9.59 Å². The highest BCUT2D eigenvalue weighted by Gasteiger charge is 2.33. The van der Waals surface area contributed by atoms with Crippen molar-refractivity contribution >= 4 is 18.6 Å². The van der Waals surface area contributed by atoms with E-state index in [1.54, 1.807) is 0 Å². The smallest absolute Gasteiger partial charge is 0.483 e. The third-order valence-electron chi connectivity index (χ3n) is 4.82. The van der Waals surface area contributed by atoms with Gasteiger partial charge in [-0.3, -0.25) is 9.59 Å². The summed E-state index contributed by atoms with van der Waals surface area (Å²) in [5, 5.41) is 20.0. The van der Waals surface area contributed by atoms with Gasteiger partial charge in [-0.2, -0.15) is 0 Å². The molecule has 0 rings (SSSR count). The van der Waals surface area contributed by atoms with E-state index in [1.807, 2.05) is 0 Å². The summed E-state index contributed by atoms with van der Waals surface area (Å²) in [6.07, 6.45) is 7.42. The van der Waals surface area contributed by atoms with E-state index in [4.69, 9.17) is 15.9 Å². The molecule has 0 aliphatic heterocycles. The van der Waals surface area contributed by atoms with E-state index < -0.39 is 18.6 Å². The molecule has 0 aromatic carbocycles. The summed E-state index contributed by atoms with van der Waals surface area (Å²) >= 11 is 0. The average molecular weight is 328 g/mol. The van der Waals surface area contributed by atoms with Gasteiger partial charge in [0.25, 0.3) is 11.7 Å². The number of unbranched alkanes of at least 4 members (excludes halogenated alkanes) is 5. The molecule has 5 N–H and O–H groups in total. The summed E-state index contributed by atoms with van der Waals surface area (Å²) in [6.45, 7) is 7.47. The fourth-order valence-corrected chi connectivity index (χ4v) is 2.25. The molecule has 0 aliphatic carbocycles. The standard InChI is InChI=1S/C16H33BN2O4/c1-15(2,16(3,4)18)11-9-7-5-6-8-10-12-19-17(13(20)21)14(22)23/h19H,5-12,18H2,1-4H3,(H,20,21)(H,22,23). The lowest BCUT2D eigenvalue weighted by Gasteiger charge is -2.38. The van der Waals surface area contributed by atoms with Crippen molar-refractivity contribution < 1.29 is 19.8 Å².